The van der Waals surface area contributed by atoms with Crippen LogP contribution in [-0.4, -0.2) is 23.4 Å². The molecule has 0 amide bonds. The van der Waals surface area contributed by atoms with E-state index in [0.717, 1.165) is 6.92 Å². The van der Waals surface area contributed by atoms with Crippen LogP contribution in [0.15, 0.2) is 0 Å². The van der Waals surface area contributed by atoms with E-state index in [-0.39, 0.29) is 0 Å². The molecule has 5 heteroatoms. The van der Waals surface area contributed by atoms with Crippen molar-refractivity contribution in [3.05, 3.63) is 0 Å². The molecule has 0 fully saturated rings. The Morgan fingerprint density at radius 3 is 1.78 bits per heavy atom. The highest BCUT2D eigenvalue weighted by Gasteiger charge is 2.40. The van der Waals surface area contributed by atoms with Crippen LogP contribution in [0.1, 0.15) is 6.92 Å². The smallest absolute Gasteiger partial charge is 0.382 e. The molecular formula is C4H8F3NO. The van der Waals surface area contributed by atoms with Crippen molar-refractivity contribution in [2.45, 2.75) is 25.2 Å². The average Bonchev–Trinajstić information content (AvgIpc) is 1.62. The van der Waals surface area contributed by atoms with E-state index in [1.54, 1.807) is 0 Å². The Bertz CT molecular complexity index is 90.3. The number of rotatable bonds is 1. The van der Waals surface area contributed by atoms with Gasteiger partial charge >= 0.3 is 6.18 Å². The molecule has 0 saturated heterocycles. The zero-order valence-corrected chi connectivity index (χ0v) is 4.81. The van der Waals surface area contributed by atoms with Crippen LogP contribution >= 0.6 is 0 Å². The Balaban J connectivity index is 3.88. The van der Waals surface area contributed by atoms with Crippen LogP contribution in [0.2, 0.25) is 0 Å². The Labute approximate surface area is 50.5 Å². The van der Waals surface area contributed by atoms with Crippen molar-refractivity contribution in [3.63, 3.8) is 0 Å². The van der Waals surface area contributed by atoms with Crippen LogP contribution in [0.4, 0.5) is 13.2 Å². The van der Waals surface area contributed by atoms with Gasteiger partial charge in [0.1, 0.15) is 0 Å². The number of hydrogen-bond acceptors (Lipinski definition) is 2. The first-order valence-corrected chi connectivity index (χ1v) is 2.36. The van der Waals surface area contributed by atoms with Gasteiger partial charge in [-0.25, -0.2) is 0 Å². The van der Waals surface area contributed by atoms with Gasteiger partial charge in [0.25, 0.3) is 0 Å². The standard InChI is InChI=1S/C4H8F3NO/c1-2(8)3(9)4(5,6)7/h2-3,9H,8H2,1H3/t2-,3-/m0/s1. The molecule has 56 valence electrons. The number of aliphatic hydroxyl groups is 1. The fourth-order valence-electron chi connectivity index (χ4n) is 0.298. The Morgan fingerprint density at radius 1 is 1.44 bits per heavy atom. The fraction of sp³-hybridized carbons (Fsp3) is 1.00. The molecule has 0 unspecified atom stereocenters. The average molecular weight is 143 g/mol. The summed E-state index contributed by atoms with van der Waals surface area (Å²) in [4.78, 5) is 0. The monoisotopic (exact) mass is 143 g/mol. The molecule has 0 heterocycles. The van der Waals surface area contributed by atoms with Gasteiger partial charge in [0.05, 0.1) is 0 Å². The summed E-state index contributed by atoms with van der Waals surface area (Å²) in [5, 5.41) is 8.21. The molecule has 0 aromatic heterocycles. The summed E-state index contributed by atoms with van der Waals surface area (Å²) in [5.74, 6) is 0. The molecule has 0 aromatic rings. The third-order valence-electron chi connectivity index (χ3n) is 0.833. The molecule has 0 aliphatic heterocycles. The van der Waals surface area contributed by atoms with Gasteiger partial charge in [-0.15, -0.1) is 0 Å². The third kappa shape index (κ3) is 2.67. The van der Waals surface area contributed by atoms with Crippen LogP contribution in [0.25, 0.3) is 0 Å². The minimum absolute atomic E-state index is 1.10. The highest BCUT2D eigenvalue weighted by atomic mass is 19.4. The zero-order chi connectivity index (χ0) is 7.65. The summed E-state index contributed by atoms with van der Waals surface area (Å²) in [6.07, 6.45) is -6.99. The lowest BCUT2D eigenvalue weighted by atomic mass is 10.2. The molecule has 0 aliphatic carbocycles. The van der Waals surface area contributed by atoms with Crippen LogP contribution < -0.4 is 5.73 Å². The van der Waals surface area contributed by atoms with Crippen molar-refractivity contribution in [1.29, 1.82) is 0 Å². The molecule has 0 rings (SSSR count). The normalized spacial score (nSPS) is 19.3. The first kappa shape index (κ1) is 8.71. The first-order valence-electron chi connectivity index (χ1n) is 2.36. The minimum atomic E-state index is -4.59. The SMILES string of the molecule is C[C@H](N)[C@H](O)C(F)(F)F. The summed E-state index contributed by atoms with van der Waals surface area (Å²) in [6.45, 7) is 1.10. The maximum absolute atomic E-state index is 11.4. The van der Waals surface area contributed by atoms with Gasteiger partial charge in [0.2, 0.25) is 0 Å². The van der Waals surface area contributed by atoms with E-state index in [9.17, 15) is 13.2 Å². The maximum Gasteiger partial charge on any atom is 0.415 e. The molecule has 0 aliphatic rings. The molecule has 9 heavy (non-hydrogen) atoms. The largest absolute Gasteiger partial charge is 0.415 e. The molecule has 0 radical (unpaired) electrons. The van der Waals surface area contributed by atoms with Gasteiger partial charge < -0.3 is 10.8 Å². The first-order chi connectivity index (χ1) is 3.85. The van der Waals surface area contributed by atoms with E-state index < -0.39 is 18.3 Å². The number of halogens is 3. The summed E-state index contributed by atoms with van der Waals surface area (Å²) >= 11 is 0. The van der Waals surface area contributed by atoms with Crippen molar-refractivity contribution >= 4 is 0 Å². The van der Waals surface area contributed by atoms with Gasteiger partial charge in [-0.05, 0) is 6.92 Å². The van der Waals surface area contributed by atoms with Crippen molar-refractivity contribution in [2.75, 3.05) is 0 Å². The quantitative estimate of drug-likeness (QED) is 0.553. The van der Waals surface area contributed by atoms with Crippen LogP contribution in [-0.2, 0) is 0 Å². The Hall–Kier alpha value is -0.290. The van der Waals surface area contributed by atoms with Gasteiger partial charge in [-0.3, -0.25) is 0 Å². The molecular weight excluding hydrogens is 135 g/mol. The number of nitrogens with two attached hydrogens (primary N) is 1. The van der Waals surface area contributed by atoms with Crippen molar-refractivity contribution in [3.8, 4) is 0 Å². The predicted octanol–water partition coefficient (Wildman–Crippen LogP) is 0.257. The zero-order valence-electron chi connectivity index (χ0n) is 4.81. The summed E-state index contributed by atoms with van der Waals surface area (Å²) in [7, 11) is 0. The Morgan fingerprint density at radius 2 is 1.78 bits per heavy atom. The van der Waals surface area contributed by atoms with Crippen LogP contribution in [0.5, 0.6) is 0 Å². The van der Waals surface area contributed by atoms with E-state index in [2.05, 4.69) is 0 Å². The maximum atomic E-state index is 11.4. The minimum Gasteiger partial charge on any atom is -0.382 e. The van der Waals surface area contributed by atoms with Gasteiger partial charge in [-0.2, -0.15) is 13.2 Å². The lowest BCUT2D eigenvalue weighted by molar-refractivity contribution is -0.208. The van der Waals surface area contributed by atoms with Crippen molar-refractivity contribution < 1.29 is 18.3 Å². The number of aliphatic hydroxyl groups excluding tert-OH is 1. The molecule has 0 spiro atoms. The second kappa shape index (κ2) is 2.53. The predicted molar refractivity (Wildman–Crippen MR) is 25.7 cm³/mol. The van der Waals surface area contributed by atoms with Gasteiger partial charge in [0, 0.05) is 6.04 Å². The second-order valence-electron chi connectivity index (χ2n) is 1.85. The molecule has 0 saturated carbocycles. The number of hydrogen-bond donors (Lipinski definition) is 2. The van der Waals surface area contributed by atoms with Crippen LogP contribution in [0.3, 0.4) is 0 Å². The summed E-state index contributed by atoms with van der Waals surface area (Å²) in [6, 6.07) is -1.26. The van der Waals surface area contributed by atoms with Crippen molar-refractivity contribution in [1.82, 2.24) is 0 Å². The topological polar surface area (TPSA) is 46.2 Å². The molecule has 2 nitrogen and oxygen atoms in total. The van der Waals surface area contributed by atoms with Gasteiger partial charge in [0.15, 0.2) is 6.10 Å². The highest BCUT2D eigenvalue weighted by molar-refractivity contribution is 4.73. The molecule has 3 N–H and O–H groups in total. The van der Waals surface area contributed by atoms with Crippen molar-refractivity contribution in [2.24, 2.45) is 5.73 Å². The Kier molecular flexibility index (Phi) is 2.45. The van der Waals surface area contributed by atoms with E-state index in [0.29, 0.717) is 0 Å². The van der Waals surface area contributed by atoms with Crippen LogP contribution in [0, 0.1) is 0 Å². The molecule has 2 atom stereocenters. The van der Waals surface area contributed by atoms with E-state index >= 15 is 0 Å². The summed E-state index contributed by atoms with van der Waals surface area (Å²) < 4.78 is 34.1. The lowest BCUT2D eigenvalue weighted by Gasteiger charge is -2.16. The lowest BCUT2D eigenvalue weighted by Crippen LogP contribution is -2.42. The summed E-state index contributed by atoms with van der Waals surface area (Å²) in [5.41, 5.74) is 4.75. The van der Waals surface area contributed by atoms with E-state index in [4.69, 9.17) is 10.8 Å². The van der Waals surface area contributed by atoms with Gasteiger partial charge in [-0.1, -0.05) is 0 Å². The fourth-order valence-corrected chi connectivity index (χ4v) is 0.298. The molecule has 0 bridgehead atoms. The second-order valence-corrected chi connectivity index (χ2v) is 1.85. The van der Waals surface area contributed by atoms with E-state index in [1.165, 1.54) is 0 Å². The highest BCUT2D eigenvalue weighted by Crippen LogP contribution is 2.21. The number of alkyl halides is 3. The molecule has 0 aromatic carbocycles. The van der Waals surface area contributed by atoms with E-state index in [1.807, 2.05) is 0 Å². The third-order valence-corrected chi connectivity index (χ3v) is 0.833.